The quantitative estimate of drug-likeness (QED) is 0.546. The molecule has 0 aliphatic heterocycles. The standard InChI is InChI=1S/C18H24BrN3O3/c1-12(23)21-16(13-4-6-14(19)7-5-13)11-18(25)20-10-2-3-17(24)22-15-8-9-15/h4-7,15-16H,2-3,8-11H2,1H3,(H,20,25)(H,21,23)(H,22,24). The lowest BCUT2D eigenvalue weighted by molar-refractivity contribution is -0.124. The number of nitrogens with one attached hydrogen (secondary N) is 3. The van der Waals surface area contributed by atoms with Crippen molar-refractivity contribution in [2.24, 2.45) is 0 Å². The second-order valence-corrected chi connectivity index (χ2v) is 7.22. The van der Waals surface area contributed by atoms with E-state index < -0.39 is 0 Å². The second-order valence-electron chi connectivity index (χ2n) is 6.30. The molecule has 3 amide bonds. The monoisotopic (exact) mass is 409 g/mol. The molecule has 1 fully saturated rings. The van der Waals surface area contributed by atoms with Gasteiger partial charge in [0.25, 0.3) is 0 Å². The number of rotatable bonds is 9. The molecule has 1 aromatic carbocycles. The van der Waals surface area contributed by atoms with Crippen molar-refractivity contribution in [2.75, 3.05) is 6.54 Å². The Morgan fingerprint density at radius 2 is 1.84 bits per heavy atom. The minimum atomic E-state index is -0.372. The van der Waals surface area contributed by atoms with Crippen LogP contribution in [0.4, 0.5) is 0 Å². The second kappa shape index (κ2) is 9.56. The first-order valence-electron chi connectivity index (χ1n) is 8.52. The van der Waals surface area contributed by atoms with Gasteiger partial charge in [-0.1, -0.05) is 28.1 Å². The first kappa shape index (κ1) is 19.4. The first-order valence-corrected chi connectivity index (χ1v) is 9.32. The van der Waals surface area contributed by atoms with Gasteiger partial charge in [0, 0.05) is 30.4 Å². The van der Waals surface area contributed by atoms with E-state index in [1.807, 2.05) is 24.3 Å². The van der Waals surface area contributed by atoms with Crippen LogP contribution >= 0.6 is 15.9 Å². The van der Waals surface area contributed by atoms with E-state index >= 15 is 0 Å². The Bertz CT molecular complexity index is 614. The van der Waals surface area contributed by atoms with Gasteiger partial charge in [-0.15, -0.1) is 0 Å². The lowest BCUT2D eigenvalue weighted by atomic mass is 10.0. The van der Waals surface area contributed by atoms with Crippen molar-refractivity contribution in [1.82, 2.24) is 16.0 Å². The summed E-state index contributed by atoms with van der Waals surface area (Å²) in [7, 11) is 0. The fourth-order valence-electron chi connectivity index (χ4n) is 2.45. The van der Waals surface area contributed by atoms with Gasteiger partial charge < -0.3 is 16.0 Å². The molecule has 1 aliphatic carbocycles. The minimum absolute atomic E-state index is 0.0442. The van der Waals surface area contributed by atoms with E-state index in [9.17, 15) is 14.4 Å². The molecular formula is C18H24BrN3O3. The number of benzene rings is 1. The van der Waals surface area contributed by atoms with Crippen molar-refractivity contribution >= 4 is 33.7 Å². The Labute approximate surface area is 156 Å². The minimum Gasteiger partial charge on any atom is -0.356 e. The Morgan fingerprint density at radius 3 is 2.44 bits per heavy atom. The molecule has 0 spiro atoms. The topological polar surface area (TPSA) is 87.3 Å². The van der Waals surface area contributed by atoms with Gasteiger partial charge in [0.2, 0.25) is 17.7 Å². The molecule has 1 aromatic rings. The summed E-state index contributed by atoms with van der Waals surface area (Å²) in [6, 6.07) is 7.50. The number of hydrogen-bond acceptors (Lipinski definition) is 3. The number of halogens is 1. The molecule has 0 bridgehead atoms. The fraction of sp³-hybridized carbons (Fsp3) is 0.500. The van der Waals surface area contributed by atoms with Crippen LogP contribution in [0.5, 0.6) is 0 Å². The molecule has 2 rings (SSSR count). The van der Waals surface area contributed by atoms with Crippen LogP contribution in [-0.4, -0.2) is 30.3 Å². The van der Waals surface area contributed by atoms with Gasteiger partial charge in [0.05, 0.1) is 12.5 Å². The van der Waals surface area contributed by atoms with Crippen molar-refractivity contribution in [3.05, 3.63) is 34.3 Å². The fourth-order valence-corrected chi connectivity index (χ4v) is 2.72. The van der Waals surface area contributed by atoms with E-state index in [1.54, 1.807) is 0 Å². The number of carbonyl (C=O) groups excluding carboxylic acids is 3. The third-order valence-electron chi connectivity index (χ3n) is 3.88. The summed E-state index contributed by atoms with van der Waals surface area (Å²) in [5.74, 6) is -0.288. The number of carbonyl (C=O) groups is 3. The van der Waals surface area contributed by atoms with E-state index in [1.165, 1.54) is 6.92 Å². The van der Waals surface area contributed by atoms with Gasteiger partial charge in [-0.2, -0.15) is 0 Å². The summed E-state index contributed by atoms with van der Waals surface area (Å²) in [5.41, 5.74) is 0.873. The maximum absolute atomic E-state index is 12.1. The van der Waals surface area contributed by atoms with Crippen molar-refractivity contribution in [1.29, 1.82) is 0 Å². The average molecular weight is 410 g/mol. The maximum Gasteiger partial charge on any atom is 0.222 e. The Balaban J connectivity index is 1.75. The highest BCUT2D eigenvalue weighted by atomic mass is 79.9. The van der Waals surface area contributed by atoms with Gasteiger partial charge in [0.15, 0.2) is 0 Å². The molecule has 0 aromatic heterocycles. The van der Waals surface area contributed by atoms with Gasteiger partial charge >= 0.3 is 0 Å². The number of amides is 3. The van der Waals surface area contributed by atoms with E-state index in [2.05, 4.69) is 31.9 Å². The van der Waals surface area contributed by atoms with Crippen LogP contribution in [0.1, 0.15) is 50.6 Å². The van der Waals surface area contributed by atoms with E-state index in [0.29, 0.717) is 25.4 Å². The zero-order valence-corrected chi connectivity index (χ0v) is 15.9. The molecule has 0 heterocycles. The van der Waals surface area contributed by atoms with E-state index in [0.717, 1.165) is 22.9 Å². The highest BCUT2D eigenvalue weighted by Gasteiger charge is 2.22. The summed E-state index contributed by atoms with van der Waals surface area (Å²) in [4.78, 5) is 35.1. The van der Waals surface area contributed by atoms with Crippen molar-refractivity contribution < 1.29 is 14.4 Å². The predicted octanol–water partition coefficient (Wildman–Crippen LogP) is 2.19. The predicted molar refractivity (Wildman–Crippen MR) is 98.7 cm³/mol. The highest BCUT2D eigenvalue weighted by molar-refractivity contribution is 9.10. The lowest BCUT2D eigenvalue weighted by Gasteiger charge is -2.18. The van der Waals surface area contributed by atoms with Crippen LogP contribution < -0.4 is 16.0 Å². The normalized spacial score (nSPS) is 14.5. The Hall–Kier alpha value is -1.89. The third kappa shape index (κ3) is 7.69. The van der Waals surface area contributed by atoms with Crippen molar-refractivity contribution in [3.63, 3.8) is 0 Å². The van der Waals surface area contributed by atoms with Crippen LogP contribution in [0.2, 0.25) is 0 Å². The molecule has 0 radical (unpaired) electrons. The van der Waals surface area contributed by atoms with Crippen LogP contribution in [0, 0.1) is 0 Å². The summed E-state index contributed by atoms with van der Waals surface area (Å²) < 4.78 is 0.937. The van der Waals surface area contributed by atoms with Crippen LogP contribution in [0.25, 0.3) is 0 Å². The molecule has 25 heavy (non-hydrogen) atoms. The molecule has 1 atom stereocenters. The third-order valence-corrected chi connectivity index (χ3v) is 4.41. The van der Waals surface area contributed by atoms with Crippen LogP contribution in [0.3, 0.4) is 0 Å². The molecule has 1 unspecified atom stereocenters. The van der Waals surface area contributed by atoms with Gasteiger partial charge in [-0.25, -0.2) is 0 Å². The summed E-state index contributed by atoms with van der Waals surface area (Å²) in [6.45, 7) is 1.88. The SMILES string of the molecule is CC(=O)NC(CC(=O)NCCCC(=O)NC1CC1)c1ccc(Br)cc1. The first-order chi connectivity index (χ1) is 11.9. The van der Waals surface area contributed by atoms with E-state index in [-0.39, 0.29) is 30.2 Å². The van der Waals surface area contributed by atoms with Crippen LogP contribution in [-0.2, 0) is 14.4 Å². The largest absolute Gasteiger partial charge is 0.356 e. The molecule has 6 nitrogen and oxygen atoms in total. The smallest absolute Gasteiger partial charge is 0.222 e. The van der Waals surface area contributed by atoms with Gasteiger partial charge in [-0.05, 0) is 37.0 Å². The van der Waals surface area contributed by atoms with Crippen LogP contribution in [0.15, 0.2) is 28.7 Å². The Kier molecular flexibility index (Phi) is 7.43. The summed E-state index contributed by atoms with van der Waals surface area (Å²) in [5, 5.41) is 8.54. The van der Waals surface area contributed by atoms with Crippen molar-refractivity contribution in [3.8, 4) is 0 Å². The number of hydrogen-bond donors (Lipinski definition) is 3. The lowest BCUT2D eigenvalue weighted by Crippen LogP contribution is -2.33. The summed E-state index contributed by atoms with van der Waals surface area (Å²) >= 11 is 3.37. The highest BCUT2D eigenvalue weighted by Crippen LogP contribution is 2.20. The molecular weight excluding hydrogens is 386 g/mol. The molecule has 0 saturated heterocycles. The van der Waals surface area contributed by atoms with Crippen molar-refractivity contribution in [2.45, 2.75) is 51.1 Å². The zero-order chi connectivity index (χ0) is 18.2. The van der Waals surface area contributed by atoms with Gasteiger partial charge in [0.1, 0.15) is 0 Å². The zero-order valence-electron chi connectivity index (χ0n) is 14.3. The molecule has 3 N–H and O–H groups in total. The van der Waals surface area contributed by atoms with E-state index in [4.69, 9.17) is 0 Å². The average Bonchev–Trinajstić information content (AvgIpc) is 3.35. The van der Waals surface area contributed by atoms with Gasteiger partial charge in [-0.3, -0.25) is 14.4 Å². The molecule has 1 saturated carbocycles. The molecule has 7 heteroatoms. The molecule has 1 aliphatic rings. The Morgan fingerprint density at radius 1 is 1.16 bits per heavy atom. The summed E-state index contributed by atoms with van der Waals surface area (Å²) in [6.07, 6.45) is 3.33. The maximum atomic E-state index is 12.1. The molecule has 136 valence electrons.